The summed E-state index contributed by atoms with van der Waals surface area (Å²) in [6.07, 6.45) is 8.19. The fraction of sp³-hybridized carbons (Fsp3) is 0.682. The molecule has 0 radical (unpaired) electrons. The zero-order valence-electron chi connectivity index (χ0n) is 17.5. The summed E-state index contributed by atoms with van der Waals surface area (Å²) in [4.78, 5) is 9.47. The van der Waals surface area contributed by atoms with Crippen molar-refractivity contribution in [3.8, 4) is 0 Å². The maximum absolute atomic E-state index is 4.35. The fourth-order valence-corrected chi connectivity index (χ4v) is 4.06. The van der Waals surface area contributed by atoms with Gasteiger partial charge in [-0.25, -0.2) is 0 Å². The number of benzene rings is 1. The van der Waals surface area contributed by atoms with Gasteiger partial charge >= 0.3 is 0 Å². The number of nitrogens with one attached hydrogen (secondary N) is 2. The average Bonchev–Trinajstić information content (AvgIpc) is 2.73. The van der Waals surface area contributed by atoms with Gasteiger partial charge in [-0.2, -0.15) is 0 Å². The van der Waals surface area contributed by atoms with Crippen LogP contribution in [0.25, 0.3) is 0 Å². The minimum absolute atomic E-state index is 0. The van der Waals surface area contributed by atoms with E-state index in [1.54, 1.807) is 0 Å². The molecule has 28 heavy (non-hydrogen) atoms. The maximum Gasteiger partial charge on any atom is 0.191 e. The monoisotopic (exact) mass is 499 g/mol. The van der Waals surface area contributed by atoms with Crippen LogP contribution < -0.4 is 10.6 Å². The first-order chi connectivity index (χ1) is 13.3. The first kappa shape index (κ1) is 23.4. The third kappa shape index (κ3) is 8.25. The predicted octanol–water partition coefficient (Wildman–Crippen LogP) is 3.44. The molecular formula is C22H38IN5. The highest BCUT2D eigenvalue weighted by molar-refractivity contribution is 14.0. The molecule has 2 heterocycles. The lowest BCUT2D eigenvalue weighted by Crippen LogP contribution is -2.42. The number of likely N-dealkylation sites (tertiary alicyclic amines) is 2. The third-order valence-electron chi connectivity index (χ3n) is 5.73. The van der Waals surface area contributed by atoms with Gasteiger partial charge in [0.1, 0.15) is 0 Å². The molecule has 0 bridgehead atoms. The highest BCUT2D eigenvalue weighted by Gasteiger charge is 2.11. The summed E-state index contributed by atoms with van der Waals surface area (Å²) >= 11 is 0. The Morgan fingerprint density at radius 2 is 1.39 bits per heavy atom. The molecule has 0 spiro atoms. The summed E-state index contributed by atoms with van der Waals surface area (Å²) < 4.78 is 0. The molecule has 0 aromatic heterocycles. The number of nitrogens with zero attached hydrogens (tertiary/aromatic N) is 3. The van der Waals surface area contributed by atoms with Gasteiger partial charge in [0.25, 0.3) is 0 Å². The van der Waals surface area contributed by atoms with Gasteiger partial charge in [0.2, 0.25) is 0 Å². The molecule has 0 amide bonds. The quantitative estimate of drug-likeness (QED) is 0.343. The molecule has 1 aromatic rings. The van der Waals surface area contributed by atoms with Crippen molar-refractivity contribution < 1.29 is 0 Å². The van der Waals surface area contributed by atoms with Gasteiger partial charge in [0, 0.05) is 33.2 Å². The topological polar surface area (TPSA) is 42.9 Å². The van der Waals surface area contributed by atoms with E-state index >= 15 is 0 Å². The molecule has 0 aliphatic carbocycles. The van der Waals surface area contributed by atoms with E-state index < -0.39 is 0 Å². The number of halogens is 1. The second kappa shape index (κ2) is 13.4. The number of rotatable bonds is 7. The Kier molecular flexibility index (Phi) is 11.2. The molecule has 1 aromatic carbocycles. The second-order valence-corrected chi connectivity index (χ2v) is 7.91. The summed E-state index contributed by atoms with van der Waals surface area (Å²) in [5.41, 5.74) is 2.72. The molecular weight excluding hydrogens is 461 g/mol. The van der Waals surface area contributed by atoms with Crippen molar-refractivity contribution in [1.29, 1.82) is 0 Å². The summed E-state index contributed by atoms with van der Waals surface area (Å²) in [7, 11) is 1.85. The van der Waals surface area contributed by atoms with Crippen LogP contribution in [0.5, 0.6) is 0 Å². The van der Waals surface area contributed by atoms with Crippen LogP contribution in [0, 0.1) is 0 Å². The van der Waals surface area contributed by atoms with E-state index in [9.17, 15) is 0 Å². The van der Waals surface area contributed by atoms with Crippen molar-refractivity contribution in [2.45, 2.75) is 51.6 Å². The van der Waals surface area contributed by atoms with E-state index in [4.69, 9.17) is 0 Å². The first-order valence-electron chi connectivity index (χ1n) is 10.8. The highest BCUT2D eigenvalue weighted by Crippen LogP contribution is 2.13. The van der Waals surface area contributed by atoms with Crippen LogP contribution in [0.1, 0.15) is 49.7 Å². The van der Waals surface area contributed by atoms with Gasteiger partial charge < -0.3 is 15.5 Å². The van der Waals surface area contributed by atoms with Crippen molar-refractivity contribution in [2.24, 2.45) is 4.99 Å². The molecule has 158 valence electrons. The zero-order chi connectivity index (χ0) is 18.7. The zero-order valence-corrected chi connectivity index (χ0v) is 19.8. The van der Waals surface area contributed by atoms with Crippen LogP contribution in [0.2, 0.25) is 0 Å². The molecule has 2 fully saturated rings. The van der Waals surface area contributed by atoms with Gasteiger partial charge in [-0.1, -0.05) is 37.1 Å². The molecule has 3 rings (SSSR count). The van der Waals surface area contributed by atoms with E-state index in [2.05, 4.69) is 49.7 Å². The van der Waals surface area contributed by atoms with Crippen molar-refractivity contribution in [3.63, 3.8) is 0 Å². The third-order valence-corrected chi connectivity index (χ3v) is 5.73. The van der Waals surface area contributed by atoms with Gasteiger partial charge in [0.05, 0.1) is 0 Å². The van der Waals surface area contributed by atoms with Crippen LogP contribution in [0.15, 0.2) is 29.3 Å². The van der Waals surface area contributed by atoms with Gasteiger partial charge in [-0.15, -0.1) is 24.0 Å². The highest BCUT2D eigenvalue weighted by atomic mass is 127. The van der Waals surface area contributed by atoms with Crippen LogP contribution in [0.3, 0.4) is 0 Å². The maximum atomic E-state index is 4.35. The van der Waals surface area contributed by atoms with Crippen LogP contribution in [-0.4, -0.2) is 62.1 Å². The Hall–Kier alpha value is -0.860. The Balaban J connectivity index is 0.00000280. The van der Waals surface area contributed by atoms with E-state index in [1.165, 1.54) is 75.8 Å². The summed E-state index contributed by atoms with van der Waals surface area (Å²) in [6.45, 7) is 8.96. The van der Waals surface area contributed by atoms with E-state index in [0.717, 1.165) is 32.1 Å². The van der Waals surface area contributed by atoms with Crippen molar-refractivity contribution in [1.82, 2.24) is 20.4 Å². The lowest BCUT2D eigenvalue weighted by Gasteiger charge is -2.26. The Morgan fingerprint density at radius 3 is 2.00 bits per heavy atom. The minimum Gasteiger partial charge on any atom is -0.355 e. The number of aliphatic imine (C=N–C) groups is 1. The summed E-state index contributed by atoms with van der Waals surface area (Å²) in [5, 5.41) is 6.88. The molecule has 2 aliphatic heterocycles. The number of hydrogen-bond donors (Lipinski definition) is 2. The lowest BCUT2D eigenvalue weighted by atomic mass is 10.1. The smallest absolute Gasteiger partial charge is 0.191 e. The van der Waals surface area contributed by atoms with E-state index in [0.29, 0.717) is 0 Å². The van der Waals surface area contributed by atoms with Crippen molar-refractivity contribution >= 4 is 29.9 Å². The molecule has 0 unspecified atom stereocenters. The van der Waals surface area contributed by atoms with Crippen LogP contribution >= 0.6 is 24.0 Å². The first-order valence-corrected chi connectivity index (χ1v) is 10.8. The van der Waals surface area contributed by atoms with Crippen molar-refractivity contribution in [3.05, 3.63) is 35.4 Å². The van der Waals surface area contributed by atoms with Crippen LogP contribution in [-0.2, 0) is 13.1 Å². The molecule has 2 aliphatic rings. The van der Waals surface area contributed by atoms with E-state index in [1.807, 2.05) is 7.05 Å². The Labute approximate surface area is 188 Å². The number of hydrogen-bond acceptors (Lipinski definition) is 3. The average molecular weight is 499 g/mol. The molecule has 0 atom stereocenters. The summed E-state index contributed by atoms with van der Waals surface area (Å²) in [5.74, 6) is 0.893. The predicted molar refractivity (Wildman–Crippen MR) is 129 cm³/mol. The molecule has 2 N–H and O–H groups in total. The number of piperidine rings is 2. The Bertz CT molecular complexity index is 563. The molecule has 0 saturated carbocycles. The SMILES string of the molecule is CN=C(NCCN1CCCCC1)NCc1ccc(CN2CCCCC2)cc1.I. The fourth-order valence-electron chi connectivity index (χ4n) is 4.06. The standard InChI is InChI=1S/C22H37N5.HI/c1-23-22(24-12-17-26-13-4-2-5-14-26)25-18-20-8-10-21(11-9-20)19-27-15-6-3-7-16-27;/h8-11H,2-7,12-19H2,1H3,(H2,23,24,25);1H. The van der Waals surface area contributed by atoms with Gasteiger partial charge in [0.15, 0.2) is 5.96 Å². The summed E-state index contributed by atoms with van der Waals surface area (Å²) in [6, 6.07) is 9.04. The second-order valence-electron chi connectivity index (χ2n) is 7.91. The molecule has 2 saturated heterocycles. The lowest BCUT2D eigenvalue weighted by molar-refractivity contribution is 0.221. The van der Waals surface area contributed by atoms with Gasteiger partial charge in [-0.05, 0) is 63.0 Å². The van der Waals surface area contributed by atoms with Crippen LogP contribution in [0.4, 0.5) is 0 Å². The van der Waals surface area contributed by atoms with Gasteiger partial charge in [-0.3, -0.25) is 9.89 Å². The number of guanidine groups is 1. The molecule has 5 nitrogen and oxygen atoms in total. The molecule has 6 heteroatoms. The minimum atomic E-state index is 0. The van der Waals surface area contributed by atoms with Crippen molar-refractivity contribution in [2.75, 3.05) is 46.3 Å². The van der Waals surface area contributed by atoms with E-state index in [-0.39, 0.29) is 24.0 Å². The largest absolute Gasteiger partial charge is 0.355 e. The normalized spacial score (nSPS) is 19.1. The Morgan fingerprint density at radius 1 is 0.821 bits per heavy atom.